The molecule has 2 amide bonds. The van der Waals surface area contributed by atoms with Crippen LogP contribution in [0.25, 0.3) is 0 Å². The van der Waals surface area contributed by atoms with Gasteiger partial charge in [0.25, 0.3) is 5.91 Å². The molecule has 1 aromatic carbocycles. The van der Waals surface area contributed by atoms with Crippen LogP contribution in [0, 0.1) is 17.6 Å². The fourth-order valence-corrected chi connectivity index (χ4v) is 2.80. The lowest BCUT2D eigenvalue weighted by Crippen LogP contribution is -2.33. The van der Waals surface area contributed by atoms with E-state index in [-0.39, 0.29) is 12.1 Å². The number of nitrogens with one attached hydrogen (secondary N) is 2. The highest BCUT2D eigenvalue weighted by atomic mass is 32.1. The van der Waals surface area contributed by atoms with Crippen molar-refractivity contribution in [2.24, 2.45) is 5.92 Å². The molecule has 9 heteroatoms. The number of amides is 2. The predicted molar refractivity (Wildman–Crippen MR) is 85.8 cm³/mol. The van der Waals surface area contributed by atoms with Gasteiger partial charge in [-0.1, -0.05) is 25.2 Å². The molecule has 0 aliphatic carbocycles. The van der Waals surface area contributed by atoms with Crippen LogP contribution >= 0.6 is 11.3 Å². The first-order valence-corrected chi connectivity index (χ1v) is 8.02. The molecule has 0 atom stereocenters. The summed E-state index contributed by atoms with van der Waals surface area (Å²) in [6.45, 7) is 3.72. The maximum absolute atomic E-state index is 13.5. The number of hydrogen-bond donors (Lipinski definition) is 2. The summed E-state index contributed by atoms with van der Waals surface area (Å²) in [6.07, 6.45) is 0.758. The average molecular weight is 354 g/mol. The van der Waals surface area contributed by atoms with Crippen molar-refractivity contribution in [2.45, 2.75) is 20.3 Å². The maximum atomic E-state index is 13.5. The van der Waals surface area contributed by atoms with Crippen molar-refractivity contribution < 1.29 is 18.4 Å². The highest BCUT2D eigenvalue weighted by molar-refractivity contribution is 7.15. The number of halogens is 2. The third kappa shape index (κ3) is 5.05. The molecule has 0 aliphatic heterocycles. The zero-order valence-corrected chi connectivity index (χ0v) is 13.9. The van der Waals surface area contributed by atoms with E-state index in [4.69, 9.17) is 0 Å². The lowest BCUT2D eigenvalue weighted by molar-refractivity contribution is -0.115. The van der Waals surface area contributed by atoms with Gasteiger partial charge < -0.3 is 5.32 Å². The van der Waals surface area contributed by atoms with Gasteiger partial charge in [-0.15, -0.1) is 10.2 Å². The molecule has 2 N–H and O–H groups in total. The van der Waals surface area contributed by atoms with E-state index in [0.717, 1.165) is 23.6 Å². The largest absolute Gasteiger partial charge is 0.343 e. The number of rotatable bonds is 6. The topological polar surface area (TPSA) is 84.0 Å². The van der Waals surface area contributed by atoms with Gasteiger partial charge >= 0.3 is 0 Å². The first-order valence-electron chi connectivity index (χ1n) is 7.20. The highest BCUT2D eigenvalue weighted by Crippen LogP contribution is 2.18. The molecule has 0 saturated heterocycles. The Kier molecular flexibility index (Phi) is 5.91. The standard InChI is InChI=1S/C15H16F2N4O2S/c1-8(2)5-13-20-21-15(24-13)19-12(22)7-18-14(23)10-4-3-9(16)6-11(10)17/h3-4,6,8H,5,7H2,1-2H3,(H,18,23)(H,19,21,22). The fraction of sp³-hybridized carbons (Fsp3) is 0.333. The first kappa shape index (κ1) is 17.9. The molecule has 24 heavy (non-hydrogen) atoms. The summed E-state index contributed by atoms with van der Waals surface area (Å²) in [5.41, 5.74) is -0.334. The van der Waals surface area contributed by atoms with Crippen LogP contribution in [-0.2, 0) is 11.2 Å². The summed E-state index contributed by atoms with van der Waals surface area (Å²) in [7, 11) is 0. The molecular formula is C15H16F2N4O2S. The average Bonchev–Trinajstić information content (AvgIpc) is 2.91. The van der Waals surface area contributed by atoms with Crippen molar-refractivity contribution in [1.29, 1.82) is 0 Å². The maximum Gasteiger partial charge on any atom is 0.254 e. The number of benzene rings is 1. The van der Waals surface area contributed by atoms with Crippen LogP contribution in [0.4, 0.5) is 13.9 Å². The molecule has 0 bridgehead atoms. The van der Waals surface area contributed by atoms with Gasteiger partial charge in [-0.3, -0.25) is 14.9 Å². The molecule has 2 rings (SSSR count). The Bertz CT molecular complexity index is 749. The lowest BCUT2D eigenvalue weighted by Gasteiger charge is -2.05. The second-order valence-corrected chi connectivity index (χ2v) is 6.52. The fourth-order valence-electron chi connectivity index (χ4n) is 1.83. The smallest absolute Gasteiger partial charge is 0.254 e. The minimum atomic E-state index is -0.990. The zero-order valence-electron chi connectivity index (χ0n) is 13.1. The SMILES string of the molecule is CC(C)Cc1nnc(NC(=O)CNC(=O)c2ccc(F)cc2F)s1. The van der Waals surface area contributed by atoms with Crippen LogP contribution in [0.3, 0.4) is 0 Å². The van der Waals surface area contributed by atoms with Gasteiger partial charge in [-0.2, -0.15) is 0 Å². The molecule has 1 heterocycles. The van der Waals surface area contributed by atoms with E-state index >= 15 is 0 Å². The minimum absolute atomic E-state index is 0.331. The van der Waals surface area contributed by atoms with Crippen LogP contribution in [0.5, 0.6) is 0 Å². The lowest BCUT2D eigenvalue weighted by atomic mass is 10.1. The summed E-state index contributed by atoms with van der Waals surface area (Å²) in [4.78, 5) is 23.6. The zero-order chi connectivity index (χ0) is 17.7. The Hall–Kier alpha value is -2.42. The van der Waals surface area contributed by atoms with Gasteiger partial charge in [-0.05, 0) is 18.1 Å². The van der Waals surface area contributed by atoms with Gasteiger partial charge in [0.2, 0.25) is 11.0 Å². The van der Waals surface area contributed by atoms with Crippen LogP contribution in [0.1, 0.15) is 29.2 Å². The van der Waals surface area contributed by atoms with Crippen molar-refractivity contribution in [2.75, 3.05) is 11.9 Å². The minimum Gasteiger partial charge on any atom is -0.343 e. The summed E-state index contributed by atoms with van der Waals surface area (Å²) in [5.74, 6) is -2.67. The summed E-state index contributed by atoms with van der Waals surface area (Å²) < 4.78 is 26.3. The van der Waals surface area contributed by atoms with Crippen LogP contribution < -0.4 is 10.6 Å². The number of carbonyl (C=O) groups excluding carboxylic acids is 2. The van der Waals surface area contributed by atoms with Crippen molar-refractivity contribution in [1.82, 2.24) is 15.5 Å². The number of aromatic nitrogens is 2. The highest BCUT2D eigenvalue weighted by Gasteiger charge is 2.14. The quantitative estimate of drug-likeness (QED) is 0.834. The number of nitrogens with zero attached hydrogens (tertiary/aromatic N) is 2. The van der Waals surface area contributed by atoms with Crippen molar-refractivity contribution >= 4 is 28.3 Å². The molecule has 6 nitrogen and oxygen atoms in total. The van der Waals surface area contributed by atoms with Crippen molar-refractivity contribution in [3.05, 3.63) is 40.4 Å². The number of carbonyl (C=O) groups is 2. The Labute approximate surface area is 141 Å². The van der Waals surface area contributed by atoms with Gasteiger partial charge in [-0.25, -0.2) is 8.78 Å². The summed E-state index contributed by atoms with van der Waals surface area (Å²) in [5, 5.41) is 13.7. The van der Waals surface area contributed by atoms with Gasteiger partial charge in [0.1, 0.15) is 16.6 Å². The van der Waals surface area contributed by atoms with E-state index < -0.39 is 23.4 Å². The second kappa shape index (κ2) is 7.91. The first-order chi connectivity index (χ1) is 11.3. The normalized spacial score (nSPS) is 10.7. The van der Waals surface area contributed by atoms with E-state index in [1.807, 2.05) is 13.8 Å². The molecule has 0 unspecified atom stereocenters. The van der Waals surface area contributed by atoms with E-state index in [9.17, 15) is 18.4 Å². The molecule has 0 radical (unpaired) electrons. The van der Waals surface area contributed by atoms with Crippen LogP contribution in [0.2, 0.25) is 0 Å². The Balaban J connectivity index is 1.86. The molecule has 1 aromatic heterocycles. The summed E-state index contributed by atoms with van der Waals surface area (Å²) in [6, 6.07) is 2.59. The molecule has 0 saturated carbocycles. The third-order valence-electron chi connectivity index (χ3n) is 2.88. The van der Waals surface area contributed by atoms with Gasteiger partial charge in [0.05, 0.1) is 12.1 Å². The van der Waals surface area contributed by atoms with E-state index in [2.05, 4.69) is 20.8 Å². The third-order valence-corrected chi connectivity index (χ3v) is 3.74. The summed E-state index contributed by atoms with van der Waals surface area (Å²) >= 11 is 1.26. The van der Waals surface area contributed by atoms with E-state index in [1.54, 1.807) is 0 Å². The molecule has 0 spiro atoms. The van der Waals surface area contributed by atoms with Gasteiger partial charge in [0.15, 0.2) is 0 Å². The molecule has 0 aliphatic rings. The number of anilines is 1. The molecule has 0 fully saturated rings. The van der Waals surface area contributed by atoms with Crippen molar-refractivity contribution in [3.63, 3.8) is 0 Å². The van der Waals surface area contributed by atoms with E-state index in [0.29, 0.717) is 17.1 Å². The van der Waals surface area contributed by atoms with Crippen LogP contribution in [-0.4, -0.2) is 28.6 Å². The molecular weight excluding hydrogens is 338 g/mol. The van der Waals surface area contributed by atoms with Crippen LogP contribution in [0.15, 0.2) is 18.2 Å². The van der Waals surface area contributed by atoms with Gasteiger partial charge in [0, 0.05) is 12.5 Å². The Morgan fingerprint density at radius 1 is 1.25 bits per heavy atom. The second-order valence-electron chi connectivity index (χ2n) is 5.45. The van der Waals surface area contributed by atoms with Crippen molar-refractivity contribution in [3.8, 4) is 0 Å². The number of hydrogen-bond acceptors (Lipinski definition) is 5. The Morgan fingerprint density at radius 2 is 2.00 bits per heavy atom. The Morgan fingerprint density at radius 3 is 2.67 bits per heavy atom. The molecule has 128 valence electrons. The molecule has 2 aromatic rings. The monoisotopic (exact) mass is 354 g/mol. The van der Waals surface area contributed by atoms with E-state index in [1.165, 1.54) is 11.3 Å². The predicted octanol–water partition coefficient (Wildman–Crippen LogP) is 2.38.